The zero-order valence-electron chi connectivity index (χ0n) is 24.5. The van der Waals surface area contributed by atoms with E-state index >= 15 is 0 Å². The Hall–Kier alpha value is -3.04. The van der Waals surface area contributed by atoms with Gasteiger partial charge in [-0.1, -0.05) is 37.6 Å². The van der Waals surface area contributed by atoms with Gasteiger partial charge in [-0.3, -0.25) is 9.59 Å². The number of allylic oxidation sites excluding steroid dienone is 4. The zero-order valence-corrected chi connectivity index (χ0v) is 24.5. The molecule has 1 aromatic heterocycles. The van der Waals surface area contributed by atoms with E-state index < -0.39 is 41.5 Å². The number of hydrogen-bond donors (Lipinski definition) is 3. The molecule has 8 nitrogen and oxygen atoms in total. The molecule has 4 aliphatic carbocycles. The molecule has 1 aromatic carbocycles. The van der Waals surface area contributed by atoms with E-state index in [0.29, 0.717) is 24.9 Å². The van der Waals surface area contributed by atoms with Crippen LogP contribution in [0.2, 0.25) is 0 Å². The Kier molecular flexibility index (Phi) is 6.27. The zero-order chi connectivity index (χ0) is 29.6. The predicted octanol–water partition coefficient (Wildman–Crippen LogP) is 3.80. The molecule has 42 heavy (non-hydrogen) atoms. The number of ether oxygens (including phenoxy) is 2. The largest absolute Gasteiger partial charge is 0.399 e. The van der Waals surface area contributed by atoms with Crippen LogP contribution in [-0.4, -0.2) is 50.8 Å². The van der Waals surface area contributed by atoms with E-state index in [4.69, 9.17) is 15.2 Å². The van der Waals surface area contributed by atoms with Crippen LogP contribution in [0.3, 0.4) is 0 Å². The summed E-state index contributed by atoms with van der Waals surface area (Å²) in [4.78, 5) is 25.9. The summed E-state index contributed by atoms with van der Waals surface area (Å²) in [6.45, 7) is 3.54. The molecule has 0 bridgehead atoms. The van der Waals surface area contributed by atoms with Gasteiger partial charge < -0.3 is 30.0 Å². The van der Waals surface area contributed by atoms with Gasteiger partial charge in [-0.2, -0.15) is 0 Å². The molecule has 0 radical (unpaired) electrons. The second-order valence-electron chi connectivity index (χ2n) is 13.6. The third-order valence-corrected chi connectivity index (χ3v) is 11.5. The molecule has 3 saturated carbocycles. The number of carbonyl (C=O) groups excluding carboxylic acids is 2. The molecule has 4 fully saturated rings. The molecule has 0 unspecified atom stereocenters. The molecule has 1 aliphatic heterocycles. The summed E-state index contributed by atoms with van der Waals surface area (Å²) < 4.78 is 15.4. The van der Waals surface area contributed by atoms with E-state index in [-0.39, 0.29) is 29.3 Å². The van der Waals surface area contributed by atoms with Gasteiger partial charge >= 0.3 is 0 Å². The topological polar surface area (TPSA) is 124 Å². The summed E-state index contributed by atoms with van der Waals surface area (Å²) in [6, 6.07) is 9.85. The highest BCUT2D eigenvalue weighted by Gasteiger charge is 2.75. The van der Waals surface area contributed by atoms with E-state index in [0.717, 1.165) is 35.2 Å². The molecule has 8 heteroatoms. The second kappa shape index (κ2) is 9.48. The number of aliphatic hydroxyl groups excluding tert-OH is 2. The van der Waals surface area contributed by atoms with Crippen molar-refractivity contribution in [2.24, 2.45) is 35.6 Å². The van der Waals surface area contributed by atoms with Gasteiger partial charge in [0.05, 0.1) is 12.2 Å². The lowest BCUT2D eigenvalue weighted by Gasteiger charge is -2.59. The molecule has 0 spiro atoms. The van der Waals surface area contributed by atoms with Crippen molar-refractivity contribution in [3.63, 3.8) is 0 Å². The SMILES string of the molecule is Cn1cc([C@@H]2O[C@@H]3C[C@H]4[C@@H]5CCC6=CC(=O)C=C[C@]6(C)[C@H]5[C@@H](O)C[C@]4(C)[C@]3(C(=O)CO)O2)cc1Cc1cccc(N)c1. The van der Waals surface area contributed by atoms with Gasteiger partial charge in [0.25, 0.3) is 0 Å². The predicted molar refractivity (Wildman–Crippen MR) is 156 cm³/mol. The Balaban J connectivity index is 1.21. The molecular weight excluding hydrogens is 532 g/mol. The van der Waals surface area contributed by atoms with Crippen LogP contribution in [0.1, 0.15) is 62.6 Å². The van der Waals surface area contributed by atoms with Crippen molar-refractivity contribution in [1.29, 1.82) is 0 Å². The molecule has 2 heterocycles. The molecule has 7 rings (SSSR count). The number of anilines is 1. The first kappa shape index (κ1) is 27.8. The number of ketones is 2. The highest BCUT2D eigenvalue weighted by Crippen LogP contribution is 2.70. The Morgan fingerprint density at radius 1 is 1.24 bits per heavy atom. The highest BCUT2D eigenvalue weighted by molar-refractivity contribution is 6.01. The van der Waals surface area contributed by atoms with Crippen LogP contribution >= 0.6 is 0 Å². The molecule has 2 aromatic rings. The number of aromatic nitrogens is 1. The van der Waals surface area contributed by atoms with E-state index in [9.17, 15) is 19.8 Å². The van der Waals surface area contributed by atoms with Gasteiger partial charge in [-0.25, -0.2) is 0 Å². The van der Waals surface area contributed by atoms with Gasteiger partial charge in [0.2, 0.25) is 0 Å². The molecule has 222 valence electrons. The number of hydrogen-bond acceptors (Lipinski definition) is 7. The summed E-state index contributed by atoms with van der Waals surface area (Å²) in [5.74, 6) is -0.262. The van der Waals surface area contributed by atoms with Crippen molar-refractivity contribution in [3.05, 3.63) is 77.2 Å². The standard InChI is InChI=1S/C34H40N2O6/c1-32-10-9-24(38)14-21(32)7-8-25-26-15-29-34(28(40)18-37,33(26,2)16-27(39)30(25)32)42-31(41-29)20-13-23(36(3)17-20)12-19-5-4-6-22(35)11-19/h4-6,9-11,13-14,17,25-27,29-31,37,39H,7-8,12,15-16,18,35H2,1-3H3/t25-,26-,27-,29+,30+,31+,32-,33-,34+/m0/s1. The summed E-state index contributed by atoms with van der Waals surface area (Å²) in [7, 11) is 1.98. The average Bonchev–Trinajstić information content (AvgIpc) is 3.58. The summed E-state index contributed by atoms with van der Waals surface area (Å²) >= 11 is 0. The quantitative estimate of drug-likeness (QED) is 0.466. The fourth-order valence-electron chi connectivity index (χ4n) is 9.69. The van der Waals surface area contributed by atoms with E-state index in [1.165, 1.54) is 0 Å². The van der Waals surface area contributed by atoms with Gasteiger partial charge in [0, 0.05) is 53.4 Å². The van der Waals surface area contributed by atoms with Crippen molar-refractivity contribution in [2.75, 3.05) is 12.3 Å². The molecule has 4 N–H and O–H groups in total. The fraction of sp³-hybridized carbons (Fsp3) is 0.529. The smallest absolute Gasteiger partial charge is 0.193 e. The van der Waals surface area contributed by atoms with Gasteiger partial charge in [0.1, 0.15) is 6.61 Å². The number of rotatable bonds is 5. The first-order valence-electron chi connectivity index (χ1n) is 15.1. The van der Waals surface area contributed by atoms with Gasteiger partial charge in [-0.15, -0.1) is 0 Å². The lowest BCUT2D eigenvalue weighted by molar-refractivity contribution is -0.201. The lowest BCUT2D eigenvalue weighted by atomic mass is 9.46. The summed E-state index contributed by atoms with van der Waals surface area (Å²) in [6.07, 6.45) is 8.61. The maximum Gasteiger partial charge on any atom is 0.193 e. The number of nitrogens with zero attached hydrogens (tertiary/aromatic N) is 1. The number of carbonyl (C=O) groups is 2. The summed E-state index contributed by atoms with van der Waals surface area (Å²) in [5.41, 5.74) is 8.28. The van der Waals surface area contributed by atoms with Crippen LogP contribution in [-0.2, 0) is 32.5 Å². The molecule has 0 amide bonds. The van der Waals surface area contributed by atoms with E-state index in [1.54, 1.807) is 12.2 Å². The highest BCUT2D eigenvalue weighted by atomic mass is 16.7. The molecule has 1 saturated heterocycles. The van der Waals surface area contributed by atoms with Crippen molar-refractivity contribution in [2.45, 2.75) is 70.1 Å². The van der Waals surface area contributed by atoms with E-state index in [2.05, 4.69) is 13.8 Å². The Bertz CT molecular complexity index is 1530. The first-order valence-corrected chi connectivity index (χ1v) is 15.1. The molecule has 9 atom stereocenters. The Morgan fingerprint density at radius 3 is 2.81 bits per heavy atom. The lowest BCUT2D eigenvalue weighted by Crippen LogP contribution is -2.63. The van der Waals surface area contributed by atoms with Crippen molar-refractivity contribution in [1.82, 2.24) is 4.57 Å². The van der Waals surface area contributed by atoms with Gasteiger partial charge in [0.15, 0.2) is 23.5 Å². The minimum absolute atomic E-state index is 0.00349. The third-order valence-electron chi connectivity index (χ3n) is 11.5. The first-order chi connectivity index (χ1) is 20.0. The van der Waals surface area contributed by atoms with Crippen LogP contribution in [0.25, 0.3) is 0 Å². The number of nitrogen functional groups attached to an aromatic ring is 1. The number of aryl methyl sites for hydroxylation is 1. The van der Waals surface area contributed by atoms with Crippen LogP contribution in [0.5, 0.6) is 0 Å². The van der Waals surface area contributed by atoms with E-state index in [1.807, 2.05) is 54.2 Å². The maximum atomic E-state index is 13.8. The van der Waals surface area contributed by atoms with Gasteiger partial charge in [-0.05, 0) is 73.4 Å². The Morgan fingerprint density at radius 2 is 2.05 bits per heavy atom. The number of fused-ring (bicyclic) bond motifs is 7. The maximum absolute atomic E-state index is 13.8. The molecular formula is C34H40N2O6. The van der Waals surface area contributed by atoms with Crippen molar-refractivity contribution in [3.8, 4) is 0 Å². The van der Waals surface area contributed by atoms with Crippen LogP contribution in [0.4, 0.5) is 5.69 Å². The Labute approximate surface area is 246 Å². The summed E-state index contributed by atoms with van der Waals surface area (Å²) in [5, 5.41) is 22.1. The van der Waals surface area contributed by atoms with Crippen LogP contribution < -0.4 is 5.73 Å². The number of Topliss-reactive ketones (excluding diaryl/α,β-unsaturated/α-hetero) is 1. The molecule has 5 aliphatic rings. The van der Waals surface area contributed by atoms with Crippen LogP contribution in [0.15, 0.2) is 60.3 Å². The average molecular weight is 573 g/mol. The second-order valence-corrected chi connectivity index (χ2v) is 13.6. The number of aliphatic hydroxyl groups is 2. The third kappa shape index (κ3) is 3.75. The normalized spacial score (nSPS) is 40.2. The van der Waals surface area contributed by atoms with Crippen molar-refractivity contribution >= 4 is 17.3 Å². The minimum atomic E-state index is -1.36. The van der Waals surface area contributed by atoms with Crippen LogP contribution in [0, 0.1) is 28.6 Å². The number of nitrogens with two attached hydrogens (primary N) is 1. The monoisotopic (exact) mass is 572 g/mol. The fourth-order valence-corrected chi connectivity index (χ4v) is 9.69. The number of benzene rings is 1. The van der Waals surface area contributed by atoms with Crippen molar-refractivity contribution < 1.29 is 29.3 Å². The minimum Gasteiger partial charge on any atom is -0.399 e.